The van der Waals surface area contributed by atoms with Crippen molar-refractivity contribution in [1.82, 2.24) is 0 Å². The average molecular weight is 404 g/mol. The highest BCUT2D eigenvalue weighted by Crippen LogP contribution is 2.52. The molecule has 0 saturated heterocycles. The molecule has 3 aliphatic carbocycles. The molecule has 28 heavy (non-hydrogen) atoms. The number of thiophene rings is 1. The molecule has 7 heteroatoms. The number of carboxylic acid groups (broad SMARTS) is 1. The van der Waals surface area contributed by atoms with Crippen molar-refractivity contribution in [1.29, 1.82) is 0 Å². The van der Waals surface area contributed by atoms with Crippen molar-refractivity contribution in [2.75, 3.05) is 5.32 Å². The highest BCUT2D eigenvalue weighted by atomic mass is 32.1. The van der Waals surface area contributed by atoms with Gasteiger partial charge in [0.2, 0.25) is 5.91 Å². The largest absolute Gasteiger partial charge is 0.550 e. The summed E-state index contributed by atoms with van der Waals surface area (Å²) in [7, 11) is 0. The van der Waals surface area contributed by atoms with Crippen molar-refractivity contribution < 1.29 is 19.5 Å². The van der Waals surface area contributed by atoms with E-state index in [1.54, 1.807) is 0 Å². The number of rotatable bonds is 6. The third kappa shape index (κ3) is 3.23. The van der Waals surface area contributed by atoms with Gasteiger partial charge in [-0.1, -0.05) is 19.8 Å². The van der Waals surface area contributed by atoms with Gasteiger partial charge >= 0.3 is 0 Å². The van der Waals surface area contributed by atoms with Gasteiger partial charge in [0.05, 0.1) is 5.56 Å². The molecule has 2 bridgehead atoms. The Morgan fingerprint density at radius 3 is 2.54 bits per heavy atom. The van der Waals surface area contributed by atoms with Gasteiger partial charge in [0.1, 0.15) is 5.00 Å². The zero-order valence-corrected chi connectivity index (χ0v) is 17.0. The third-order valence-electron chi connectivity index (χ3n) is 7.04. The smallest absolute Gasteiger partial charge is 0.251 e. The van der Waals surface area contributed by atoms with Crippen LogP contribution in [0.2, 0.25) is 0 Å². The lowest BCUT2D eigenvalue weighted by molar-refractivity contribution is -0.314. The molecule has 1 aromatic heterocycles. The summed E-state index contributed by atoms with van der Waals surface area (Å²) in [6.07, 6.45) is 7.56. The first-order valence-corrected chi connectivity index (χ1v) is 11.2. The van der Waals surface area contributed by atoms with E-state index in [-0.39, 0.29) is 17.7 Å². The fraction of sp³-hybridized carbons (Fsp3) is 0.667. The maximum Gasteiger partial charge on any atom is 0.251 e. The Balaban J connectivity index is 1.59. The van der Waals surface area contributed by atoms with E-state index in [1.165, 1.54) is 11.3 Å². The highest BCUT2D eigenvalue weighted by Gasteiger charge is 2.51. The molecule has 152 valence electrons. The molecule has 0 radical (unpaired) electrons. The van der Waals surface area contributed by atoms with Crippen LogP contribution in [-0.2, 0) is 22.4 Å². The molecule has 1 aromatic rings. The van der Waals surface area contributed by atoms with Crippen LogP contribution in [0.4, 0.5) is 5.00 Å². The number of hydrogen-bond acceptors (Lipinski definition) is 5. The van der Waals surface area contributed by atoms with Gasteiger partial charge in [0.25, 0.3) is 5.91 Å². The molecular weight excluding hydrogens is 376 g/mol. The van der Waals surface area contributed by atoms with Crippen LogP contribution in [0.25, 0.3) is 0 Å². The lowest BCUT2D eigenvalue weighted by Gasteiger charge is -2.30. The first-order chi connectivity index (χ1) is 13.4. The summed E-state index contributed by atoms with van der Waals surface area (Å²) in [6, 6.07) is 0. The predicted octanol–water partition coefficient (Wildman–Crippen LogP) is 2.10. The van der Waals surface area contributed by atoms with Crippen molar-refractivity contribution in [3.8, 4) is 0 Å². The lowest BCUT2D eigenvalue weighted by Crippen LogP contribution is -2.44. The molecule has 0 spiro atoms. The summed E-state index contributed by atoms with van der Waals surface area (Å²) in [5.41, 5.74) is 7.06. The van der Waals surface area contributed by atoms with Gasteiger partial charge in [-0.15, -0.1) is 11.3 Å². The molecule has 0 unspecified atom stereocenters. The van der Waals surface area contributed by atoms with Gasteiger partial charge in [-0.3, -0.25) is 9.59 Å². The molecule has 6 nitrogen and oxygen atoms in total. The number of primary amides is 1. The molecule has 2 amide bonds. The highest BCUT2D eigenvalue weighted by molar-refractivity contribution is 7.17. The predicted molar refractivity (Wildman–Crippen MR) is 105 cm³/mol. The quantitative estimate of drug-likeness (QED) is 0.757. The summed E-state index contributed by atoms with van der Waals surface area (Å²) >= 11 is 1.44. The third-order valence-corrected chi connectivity index (χ3v) is 8.21. The Morgan fingerprint density at radius 2 is 1.89 bits per heavy atom. The number of carbonyl (C=O) groups excluding carboxylic acids is 3. The molecule has 5 atom stereocenters. The van der Waals surface area contributed by atoms with Crippen LogP contribution in [0.15, 0.2) is 0 Å². The van der Waals surface area contributed by atoms with E-state index in [9.17, 15) is 19.5 Å². The van der Waals surface area contributed by atoms with Crippen LogP contribution < -0.4 is 16.2 Å². The standard InChI is InChI=1S/C21H28N2O4S/c1-2-3-10-4-7-13-14(8-10)28-20(17(13)18(22)24)23-19(25)15-11-5-6-12(9-11)16(15)21(26)27/h10-12,15-16H,2-9H2,1H3,(H2,22,24)(H,23,25)(H,26,27)/p-1/t10-,11+,12+,15+,16-/m0/s1. The molecule has 2 saturated carbocycles. The Labute approximate surface area is 168 Å². The molecule has 0 aromatic carbocycles. The second-order valence-electron chi connectivity index (χ2n) is 8.66. The van der Waals surface area contributed by atoms with Crippen molar-refractivity contribution in [3.63, 3.8) is 0 Å². The Hall–Kier alpha value is -1.89. The number of anilines is 1. The summed E-state index contributed by atoms with van der Waals surface area (Å²) in [4.78, 5) is 37.9. The van der Waals surface area contributed by atoms with E-state index in [0.717, 1.165) is 61.8 Å². The fourth-order valence-electron chi connectivity index (χ4n) is 5.86. The number of carbonyl (C=O) groups is 3. The van der Waals surface area contributed by atoms with Crippen LogP contribution in [0.5, 0.6) is 0 Å². The monoisotopic (exact) mass is 403 g/mol. The van der Waals surface area contributed by atoms with Gasteiger partial charge in [-0.05, 0) is 61.8 Å². The van der Waals surface area contributed by atoms with Gasteiger partial charge in [0, 0.05) is 22.7 Å². The van der Waals surface area contributed by atoms with E-state index in [2.05, 4.69) is 12.2 Å². The van der Waals surface area contributed by atoms with E-state index in [4.69, 9.17) is 5.73 Å². The molecule has 2 fully saturated rings. The van der Waals surface area contributed by atoms with Crippen LogP contribution in [0, 0.1) is 29.6 Å². The van der Waals surface area contributed by atoms with Crippen LogP contribution in [0.3, 0.4) is 0 Å². The number of hydrogen-bond donors (Lipinski definition) is 2. The Morgan fingerprint density at radius 1 is 1.18 bits per heavy atom. The molecule has 3 aliphatic rings. The van der Waals surface area contributed by atoms with Gasteiger partial charge < -0.3 is 21.0 Å². The van der Waals surface area contributed by atoms with Crippen molar-refractivity contribution in [2.45, 2.75) is 58.3 Å². The van der Waals surface area contributed by atoms with Gasteiger partial charge in [-0.2, -0.15) is 0 Å². The molecule has 3 N–H and O–H groups in total. The Kier molecular flexibility index (Phi) is 5.21. The first kappa shape index (κ1) is 19.4. The average Bonchev–Trinajstić information content (AvgIpc) is 3.33. The van der Waals surface area contributed by atoms with Crippen molar-refractivity contribution in [3.05, 3.63) is 16.0 Å². The minimum absolute atomic E-state index is 0.0349. The molecular formula is C21H27N2O4S-. The van der Waals surface area contributed by atoms with Gasteiger partial charge in [-0.25, -0.2) is 0 Å². The Bertz CT molecular complexity index is 818. The van der Waals surface area contributed by atoms with Crippen LogP contribution in [-0.4, -0.2) is 17.8 Å². The zero-order valence-electron chi connectivity index (χ0n) is 16.2. The number of aliphatic carboxylic acids is 1. The maximum absolute atomic E-state index is 13.0. The second kappa shape index (κ2) is 7.50. The summed E-state index contributed by atoms with van der Waals surface area (Å²) in [6.45, 7) is 2.17. The minimum Gasteiger partial charge on any atom is -0.550 e. The number of nitrogens with one attached hydrogen (secondary N) is 1. The SMILES string of the molecule is CCC[C@H]1CCc2c(sc(NC(=O)[C@@H]3[C@@H]4CC[C@H](C4)[C@@H]3C(=O)[O-])c2C(N)=O)C1. The number of fused-ring (bicyclic) bond motifs is 3. The van der Waals surface area contributed by atoms with E-state index in [1.807, 2.05) is 0 Å². The number of amides is 2. The van der Waals surface area contributed by atoms with Crippen LogP contribution >= 0.6 is 11.3 Å². The van der Waals surface area contributed by atoms with Crippen molar-refractivity contribution in [2.24, 2.45) is 35.3 Å². The minimum atomic E-state index is -1.13. The van der Waals surface area contributed by atoms with Crippen molar-refractivity contribution >= 4 is 34.1 Å². The number of carboxylic acids is 1. The van der Waals surface area contributed by atoms with E-state index >= 15 is 0 Å². The summed E-state index contributed by atoms with van der Waals surface area (Å²) in [5.74, 6) is -2.51. The number of nitrogens with two attached hydrogens (primary N) is 1. The van der Waals surface area contributed by atoms with Gasteiger partial charge in [0.15, 0.2) is 0 Å². The zero-order chi connectivity index (χ0) is 20.0. The summed E-state index contributed by atoms with van der Waals surface area (Å²) in [5, 5.41) is 15.0. The fourth-order valence-corrected chi connectivity index (χ4v) is 7.23. The topological polar surface area (TPSA) is 112 Å². The molecule has 1 heterocycles. The first-order valence-electron chi connectivity index (χ1n) is 10.4. The molecule has 0 aliphatic heterocycles. The van der Waals surface area contributed by atoms with Crippen LogP contribution in [0.1, 0.15) is 66.2 Å². The second-order valence-corrected chi connectivity index (χ2v) is 9.77. The van der Waals surface area contributed by atoms with E-state index in [0.29, 0.717) is 16.5 Å². The van der Waals surface area contributed by atoms with E-state index < -0.39 is 23.7 Å². The maximum atomic E-state index is 13.0. The lowest BCUT2D eigenvalue weighted by atomic mass is 9.78. The normalized spacial score (nSPS) is 30.8. The summed E-state index contributed by atoms with van der Waals surface area (Å²) < 4.78 is 0. The molecule has 4 rings (SSSR count).